The molecule has 1 atom stereocenters. The molecule has 12 heavy (non-hydrogen) atoms. The molecule has 0 heterocycles. The Hall–Kier alpha value is -0.930. The molecule has 3 heteroatoms. The molecule has 0 spiro atoms. The molecule has 0 aliphatic heterocycles. The molecule has 1 aromatic rings. The first-order chi connectivity index (χ1) is 5.74. The van der Waals surface area contributed by atoms with Gasteiger partial charge in [-0.25, -0.2) is 4.39 Å². The summed E-state index contributed by atoms with van der Waals surface area (Å²) in [5.41, 5.74) is 0.728. The van der Waals surface area contributed by atoms with Crippen LogP contribution < -0.4 is 5.32 Å². The molecule has 0 bridgehead atoms. The number of benzene rings is 1. The van der Waals surface area contributed by atoms with Crippen LogP contribution in [0.25, 0.3) is 0 Å². The molecular weight excluding hydrogens is 157 g/mol. The third-order valence-corrected chi connectivity index (χ3v) is 1.65. The first-order valence-electron chi connectivity index (χ1n) is 3.82. The number of nitrogens with one attached hydrogen (secondary N) is 1. The summed E-state index contributed by atoms with van der Waals surface area (Å²) < 4.78 is 12.4. The fourth-order valence-electron chi connectivity index (χ4n) is 0.996. The first kappa shape index (κ1) is 9.16. The Kier molecular flexibility index (Phi) is 3.19. The van der Waals surface area contributed by atoms with E-state index in [1.54, 1.807) is 19.2 Å². The third kappa shape index (κ3) is 2.29. The summed E-state index contributed by atoms with van der Waals surface area (Å²) >= 11 is 0. The van der Waals surface area contributed by atoms with Gasteiger partial charge in [-0.05, 0) is 24.7 Å². The minimum atomic E-state index is -0.560. The Bertz CT molecular complexity index is 235. The van der Waals surface area contributed by atoms with E-state index in [2.05, 4.69) is 5.32 Å². The van der Waals surface area contributed by atoms with Crippen LogP contribution in [0.4, 0.5) is 4.39 Å². The maximum Gasteiger partial charge on any atom is 0.123 e. The number of hydrogen-bond donors (Lipinski definition) is 2. The zero-order valence-electron chi connectivity index (χ0n) is 6.92. The van der Waals surface area contributed by atoms with Gasteiger partial charge in [0.05, 0.1) is 6.10 Å². The second kappa shape index (κ2) is 4.18. The quantitative estimate of drug-likeness (QED) is 0.709. The second-order valence-electron chi connectivity index (χ2n) is 2.63. The highest BCUT2D eigenvalue weighted by atomic mass is 19.1. The maximum absolute atomic E-state index is 12.4. The van der Waals surface area contributed by atoms with Crippen molar-refractivity contribution in [3.63, 3.8) is 0 Å². The highest BCUT2D eigenvalue weighted by Gasteiger charge is 2.04. The van der Waals surface area contributed by atoms with Crippen LogP contribution in [-0.4, -0.2) is 18.7 Å². The Morgan fingerprint density at radius 2 is 2.00 bits per heavy atom. The van der Waals surface area contributed by atoms with E-state index in [1.807, 2.05) is 0 Å². The zero-order valence-corrected chi connectivity index (χ0v) is 6.92. The summed E-state index contributed by atoms with van der Waals surface area (Å²) in [6.07, 6.45) is -0.560. The minimum Gasteiger partial charge on any atom is -0.387 e. The van der Waals surface area contributed by atoms with E-state index in [4.69, 9.17) is 0 Å². The Morgan fingerprint density at radius 3 is 2.50 bits per heavy atom. The number of likely N-dealkylation sites (N-methyl/N-ethyl adjacent to an activating group) is 1. The van der Waals surface area contributed by atoms with Gasteiger partial charge in [-0.15, -0.1) is 0 Å². The Morgan fingerprint density at radius 1 is 1.42 bits per heavy atom. The lowest BCUT2D eigenvalue weighted by Crippen LogP contribution is -2.16. The van der Waals surface area contributed by atoms with E-state index in [1.165, 1.54) is 12.1 Å². The summed E-state index contributed by atoms with van der Waals surface area (Å²) in [5.74, 6) is -0.282. The largest absolute Gasteiger partial charge is 0.387 e. The average Bonchev–Trinajstić information content (AvgIpc) is 2.06. The number of halogens is 1. The van der Waals surface area contributed by atoms with E-state index >= 15 is 0 Å². The average molecular weight is 169 g/mol. The van der Waals surface area contributed by atoms with Gasteiger partial charge in [0.25, 0.3) is 0 Å². The van der Waals surface area contributed by atoms with Crippen molar-refractivity contribution in [2.75, 3.05) is 13.6 Å². The van der Waals surface area contributed by atoms with Crippen molar-refractivity contribution in [1.82, 2.24) is 5.32 Å². The van der Waals surface area contributed by atoms with Crippen LogP contribution in [0.3, 0.4) is 0 Å². The van der Waals surface area contributed by atoms with Crippen LogP contribution in [-0.2, 0) is 0 Å². The number of aliphatic hydroxyl groups is 1. The molecule has 0 radical (unpaired) electrons. The molecule has 2 nitrogen and oxygen atoms in total. The minimum absolute atomic E-state index is 0.282. The molecule has 0 saturated heterocycles. The van der Waals surface area contributed by atoms with Gasteiger partial charge in [0.15, 0.2) is 0 Å². The standard InChI is InChI=1S/C9H12FNO/c1-11-6-9(12)7-2-4-8(10)5-3-7/h2-5,9,11-12H,6H2,1H3/t9-/m1/s1. The van der Waals surface area contributed by atoms with Gasteiger partial charge in [-0.3, -0.25) is 0 Å². The fourth-order valence-corrected chi connectivity index (χ4v) is 0.996. The molecule has 0 saturated carbocycles. The molecule has 0 aromatic heterocycles. The van der Waals surface area contributed by atoms with Gasteiger partial charge in [0.2, 0.25) is 0 Å². The predicted molar refractivity (Wildman–Crippen MR) is 45.3 cm³/mol. The second-order valence-corrected chi connectivity index (χ2v) is 2.63. The van der Waals surface area contributed by atoms with Crippen LogP contribution >= 0.6 is 0 Å². The van der Waals surface area contributed by atoms with Gasteiger partial charge in [-0.2, -0.15) is 0 Å². The molecule has 66 valence electrons. The van der Waals surface area contributed by atoms with Crippen molar-refractivity contribution in [2.24, 2.45) is 0 Å². The monoisotopic (exact) mass is 169 g/mol. The first-order valence-corrected chi connectivity index (χ1v) is 3.82. The predicted octanol–water partition coefficient (Wildman–Crippen LogP) is 1.08. The normalized spacial score (nSPS) is 12.9. The van der Waals surface area contributed by atoms with Crippen LogP contribution in [0.15, 0.2) is 24.3 Å². The smallest absolute Gasteiger partial charge is 0.123 e. The molecule has 1 rings (SSSR count). The van der Waals surface area contributed by atoms with Crippen LogP contribution in [0.1, 0.15) is 11.7 Å². The molecule has 1 aromatic carbocycles. The summed E-state index contributed by atoms with van der Waals surface area (Å²) in [5, 5.41) is 12.3. The number of rotatable bonds is 3. The van der Waals surface area contributed by atoms with Crippen molar-refractivity contribution in [1.29, 1.82) is 0 Å². The summed E-state index contributed by atoms with van der Waals surface area (Å²) in [4.78, 5) is 0. The fraction of sp³-hybridized carbons (Fsp3) is 0.333. The van der Waals surface area contributed by atoms with Crippen LogP contribution in [0.5, 0.6) is 0 Å². The van der Waals surface area contributed by atoms with Crippen LogP contribution in [0.2, 0.25) is 0 Å². The molecule has 0 amide bonds. The van der Waals surface area contributed by atoms with Crippen molar-refractivity contribution in [3.8, 4) is 0 Å². The molecule has 0 aliphatic rings. The lowest BCUT2D eigenvalue weighted by Gasteiger charge is -2.09. The van der Waals surface area contributed by atoms with Crippen molar-refractivity contribution in [2.45, 2.75) is 6.10 Å². The summed E-state index contributed by atoms with van der Waals surface area (Å²) in [6, 6.07) is 5.84. The lowest BCUT2D eigenvalue weighted by atomic mass is 10.1. The highest BCUT2D eigenvalue weighted by Crippen LogP contribution is 2.11. The Balaban J connectivity index is 2.68. The van der Waals surface area contributed by atoms with Gasteiger partial charge >= 0.3 is 0 Å². The maximum atomic E-state index is 12.4. The SMILES string of the molecule is CNC[C@@H](O)c1ccc(F)cc1. The van der Waals surface area contributed by atoms with Gasteiger partial charge in [0, 0.05) is 6.54 Å². The summed E-state index contributed by atoms with van der Waals surface area (Å²) in [7, 11) is 1.76. The van der Waals surface area contributed by atoms with Crippen molar-refractivity contribution >= 4 is 0 Å². The molecular formula is C9H12FNO. The number of aliphatic hydroxyl groups excluding tert-OH is 1. The van der Waals surface area contributed by atoms with Crippen molar-refractivity contribution < 1.29 is 9.50 Å². The Labute approximate surface area is 71.0 Å². The molecule has 0 unspecified atom stereocenters. The van der Waals surface area contributed by atoms with E-state index < -0.39 is 6.10 Å². The van der Waals surface area contributed by atoms with Gasteiger partial charge < -0.3 is 10.4 Å². The third-order valence-electron chi connectivity index (χ3n) is 1.65. The van der Waals surface area contributed by atoms with E-state index in [0.717, 1.165) is 5.56 Å². The highest BCUT2D eigenvalue weighted by molar-refractivity contribution is 5.18. The molecule has 0 fully saturated rings. The van der Waals surface area contributed by atoms with Gasteiger partial charge in [0.1, 0.15) is 5.82 Å². The van der Waals surface area contributed by atoms with Crippen molar-refractivity contribution in [3.05, 3.63) is 35.6 Å². The number of hydrogen-bond acceptors (Lipinski definition) is 2. The van der Waals surface area contributed by atoms with Crippen LogP contribution in [0, 0.1) is 5.82 Å². The lowest BCUT2D eigenvalue weighted by molar-refractivity contribution is 0.177. The van der Waals surface area contributed by atoms with E-state index in [9.17, 15) is 9.50 Å². The zero-order chi connectivity index (χ0) is 8.97. The van der Waals surface area contributed by atoms with E-state index in [-0.39, 0.29) is 5.82 Å². The molecule has 0 aliphatic carbocycles. The van der Waals surface area contributed by atoms with Gasteiger partial charge in [-0.1, -0.05) is 12.1 Å². The summed E-state index contributed by atoms with van der Waals surface area (Å²) in [6.45, 7) is 0.478. The topological polar surface area (TPSA) is 32.3 Å². The molecule has 2 N–H and O–H groups in total. The van der Waals surface area contributed by atoms with E-state index in [0.29, 0.717) is 6.54 Å².